The van der Waals surface area contributed by atoms with Crippen molar-refractivity contribution in [3.05, 3.63) is 29.6 Å². The van der Waals surface area contributed by atoms with Crippen molar-refractivity contribution >= 4 is 5.91 Å². The van der Waals surface area contributed by atoms with Gasteiger partial charge in [-0.3, -0.25) is 4.79 Å². The zero-order chi connectivity index (χ0) is 15.5. The van der Waals surface area contributed by atoms with Crippen LogP contribution in [-0.4, -0.2) is 30.3 Å². The molecule has 2 N–H and O–H groups in total. The lowest BCUT2D eigenvalue weighted by Crippen LogP contribution is -2.46. The average Bonchev–Trinajstić information content (AvgIpc) is 2.44. The van der Waals surface area contributed by atoms with Gasteiger partial charge in [-0.05, 0) is 30.9 Å². The number of hydrogen-bond acceptors (Lipinski definition) is 3. The fraction of sp³-hybridized carbons (Fsp3) is 0.562. The molecule has 2 rings (SSSR count). The molecule has 4 nitrogen and oxygen atoms in total. The van der Waals surface area contributed by atoms with Crippen molar-refractivity contribution in [3.8, 4) is 5.75 Å². The fourth-order valence-corrected chi connectivity index (χ4v) is 3.02. The van der Waals surface area contributed by atoms with Crippen molar-refractivity contribution in [2.24, 2.45) is 5.92 Å². The van der Waals surface area contributed by atoms with Crippen LogP contribution in [-0.2, 0) is 0 Å². The topological polar surface area (TPSA) is 58.6 Å². The Kier molecular flexibility index (Phi) is 4.83. The van der Waals surface area contributed by atoms with Gasteiger partial charge in [-0.25, -0.2) is 4.39 Å². The highest BCUT2D eigenvalue weighted by atomic mass is 19.1. The number of benzene rings is 1. The van der Waals surface area contributed by atoms with Crippen molar-refractivity contribution < 1.29 is 19.0 Å². The average molecular weight is 295 g/mol. The molecule has 116 valence electrons. The second-order valence-electron chi connectivity index (χ2n) is 5.93. The van der Waals surface area contributed by atoms with Crippen LogP contribution in [0.3, 0.4) is 0 Å². The Morgan fingerprint density at radius 1 is 1.57 bits per heavy atom. The third-order valence-corrected chi connectivity index (χ3v) is 4.07. The molecule has 2 atom stereocenters. The number of methoxy groups -OCH3 is 1. The van der Waals surface area contributed by atoms with E-state index in [2.05, 4.69) is 12.2 Å². The molecule has 0 aliphatic heterocycles. The Balaban J connectivity index is 2.05. The largest absolute Gasteiger partial charge is 0.496 e. The van der Waals surface area contributed by atoms with Crippen LogP contribution in [0.4, 0.5) is 4.39 Å². The standard InChI is InChI=1S/C16H22FNO3/c1-11-5-4-8-16(20,9-11)10-18-15(19)14-12(17)6-3-7-13(14)21-2/h3,6-7,11,20H,4-5,8-10H2,1-2H3,(H,18,19). The number of ether oxygens (including phenoxy) is 1. The van der Waals surface area contributed by atoms with E-state index in [9.17, 15) is 14.3 Å². The molecule has 5 heteroatoms. The summed E-state index contributed by atoms with van der Waals surface area (Å²) in [4.78, 5) is 12.2. The Hall–Kier alpha value is -1.62. The Morgan fingerprint density at radius 3 is 3.00 bits per heavy atom. The first kappa shape index (κ1) is 15.8. The normalized spacial score (nSPS) is 25.4. The second-order valence-corrected chi connectivity index (χ2v) is 5.93. The number of carbonyl (C=O) groups is 1. The lowest BCUT2D eigenvalue weighted by atomic mass is 9.79. The van der Waals surface area contributed by atoms with Crippen molar-refractivity contribution in [2.75, 3.05) is 13.7 Å². The summed E-state index contributed by atoms with van der Waals surface area (Å²) in [5.74, 6) is -0.562. The quantitative estimate of drug-likeness (QED) is 0.897. The molecule has 0 aromatic heterocycles. The summed E-state index contributed by atoms with van der Waals surface area (Å²) >= 11 is 0. The lowest BCUT2D eigenvalue weighted by molar-refractivity contribution is -0.0109. The first-order chi connectivity index (χ1) is 9.95. The molecule has 1 amide bonds. The summed E-state index contributed by atoms with van der Waals surface area (Å²) < 4.78 is 18.8. The van der Waals surface area contributed by atoms with Gasteiger partial charge >= 0.3 is 0 Å². The number of rotatable bonds is 4. The van der Waals surface area contributed by atoms with Crippen LogP contribution in [0.15, 0.2) is 18.2 Å². The van der Waals surface area contributed by atoms with Gasteiger partial charge < -0.3 is 15.2 Å². The summed E-state index contributed by atoms with van der Waals surface area (Å²) in [6.07, 6.45) is 3.35. The number of aliphatic hydroxyl groups is 1. The molecule has 1 aliphatic rings. The van der Waals surface area contributed by atoms with Gasteiger partial charge in [-0.15, -0.1) is 0 Å². The molecule has 0 bridgehead atoms. The minimum atomic E-state index is -0.897. The van der Waals surface area contributed by atoms with Crippen LogP contribution in [0.2, 0.25) is 0 Å². The molecule has 0 spiro atoms. The SMILES string of the molecule is COc1cccc(F)c1C(=O)NCC1(O)CCCC(C)C1. The smallest absolute Gasteiger partial charge is 0.258 e. The van der Waals surface area contributed by atoms with Crippen molar-refractivity contribution in [1.82, 2.24) is 5.32 Å². The second kappa shape index (κ2) is 6.43. The number of carbonyl (C=O) groups excluding carboxylic acids is 1. The highest BCUT2D eigenvalue weighted by Gasteiger charge is 2.33. The monoisotopic (exact) mass is 295 g/mol. The van der Waals surface area contributed by atoms with Crippen LogP contribution in [0.25, 0.3) is 0 Å². The molecular weight excluding hydrogens is 273 g/mol. The summed E-state index contributed by atoms with van der Waals surface area (Å²) in [6, 6.07) is 4.24. The first-order valence-electron chi connectivity index (χ1n) is 7.28. The number of nitrogens with one attached hydrogen (secondary N) is 1. The highest BCUT2D eigenvalue weighted by Crippen LogP contribution is 2.31. The Labute approximate surface area is 124 Å². The Morgan fingerprint density at radius 2 is 2.33 bits per heavy atom. The van der Waals surface area contributed by atoms with E-state index < -0.39 is 17.3 Å². The maximum Gasteiger partial charge on any atom is 0.258 e. The van der Waals surface area contributed by atoms with Crippen LogP contribution in [0.1, 0.15) is 43.0 Å². The van der Waals surface area contributed by atoms with E-state index in [-0.39, 0.29) is 17.9 Å². The van der Waals surface area contributed by atoms with E-state index in [1.54, 1.807) is 0 Å². The third-order valence-electron chi connectivity index (χ3n) is 4.07. The summed E-state index contributed by atoms with van der Waals surface area (Å²) in [5, 5.41) is 13.1. The van der Waals surface area contributed by atoms with Gasteiger partial charge in [-0.2, -0.15) is 0 Å². The number of halogens is 1. The first-order valence-corrected chi connectivity index (χ1v) is 7.28. The van der Waals surface area contributed by atoms with Crippen LogP contribution < -0.4 is 10.1 Å². The van der Waals surface area contributed by atoms with Gasteiger partial charge in [0, 0.05) is 6.54 Å². The molecular formula is C16H22FNO3. The van der Waals surface area contributed by atoms with Gasteiger partial charge in [0.1, 0.15) is 17.1 Å². The summed E-state index contributed by atoms with van der Waals surface area (Å²) in [6.45, 7) is 2.22. The van der Waals surface area contributed by atoms with Crippen molar-refractivity contribution in [3.63, 3.8) is 0 Å². The highest BCUT2D eigenvalue weighted by molar-refractivity contribution is 5.97. The molecule has 0 saturated heterocycles. The van der Waals surface area contributed by atoms with E-state index >= 15 is 0 Å². The van der Waals surface area contributed by atoms with Gasteiger partial charge in [0.15, 0.2) is 0 Å². The molecule has 1 saturated carbocycles. The Bertz CT molecular complexity index is 520. The van der Waals surface area contributed by atoms with Crippen molar-refractivity contribution in [2.45, 2.75) is 38.2 Å². The lowest BCUT2D eigenvalue weighted by Gasteiger charge is -2.35. The van der Waals surface area contributed by atoms with E-state index in [1.165, 1.54) is 25.3 Å². The van der Waals surface area contributed by atoms with Gasteiger partial charge in [-0.1, -0.05) is 25.8 Å². The molecule has 21 heavy (non-hydrogen) atoms. The number of hydrogen-bond donors (Lipinski definition) is 2. The van der Waals surface area contributed by atoms with Crippen LogP contribution in [0.5, 0.6) is 5.75 Å². The van der Waals surface area contributed by atoms with Crippen LogP contribution >= 0.6 is 0 Å². The summed E-state index contributed by atoms with van der Waals surface area (Å²) in [7, 11) is 1.39. The molecule has 2 unspecified atom stereocenters. The maximum atomic E-state index is 13.8. The van der Waals surface area contributed by atoms with E-state index in [4.69, 9.17) is 4.74 Å². The zero-order valence-corrected chi connectivity index (χ0v) is 12.5. The van der Waals surface area contributed by atoms with E-state index in [1.807, 2.05) is 0 Å². The molecule has 0 heterocycles. The van der Waals surface area contributed by atoms with Gasteiger partial charge in [0.25, 0.3) is 5.91 Å². The molecule has 1 aromatic rings. The van der Waals surface area contributed by atoms with E-state index in [0.29, 0.717) is 18.8 Å². The number of amides is 1. The minimum Gasteiger partial charge on any atom is -0.496 e. The fourth-order valence-electron chi connectivity index (χ4n) is 3.02. The maximum absolute atomic E-state index is 13.8. The predicted octanol–water partition coefficient (Wildman–Crippen LogP) is 2.51. The zero-order valence-electron chi connectivity index (χ0n) is 12.5. The van der Waals surface area contributed by atoms with Gasteiger partial charge in [0.05, 0.1) is 12.7 Å². The molecule has 1 aliphatic carbocycles. The van der Waals surface area contributed by atoms with Crippen molar-refractivity contribution in [1.29, 1.82) is 0 Å². The molecule has 1 aromatic carbocycles. The van der Waals surface area contributed by atoms with Gasteiger partial charge in [0.2, 0.25) is 0 Å². The molecule has 0 radical (unpaired) electrons. The third kappa shape index (κ3) is 3.73. The van der Waals surface area contributed by atoms with E-state index in [0.717, 1.165) is 12.8 Å². The molecule has 1 fully saturated rings. The summed E-state index contributed by atoms with van der Waals surface area (Å²) in [5.41, 5.74) is -1.02. The predicted molar refractivity (Wildman–Crippen MR) is 77.9 cm³/mol. The minimum absolute atomic E-state index is 0.118. The van der Waals surface area contributed by atoms with Crippen LogP contribution in [0, 0.1) is 11.7 Å².